The van der Waals surface area contributed by atoms with Crippen molar-refractivity contribution < 1.29 is 9.90 Å². The monoisotopic (exact) mass is 408 g/mol. The molecule has 0 saturated carbocycles. The van der Waals surface area contributed by atoms with Gasteiger partial charge in [-0.05, 0) is 25.5 Å². The van der Waals surface area contributed by atoms with E-state index in [9.17, 15) is 9.90 Å². The van der Waals surface area contributed by atoms with Crippen molar-refractivity contribution in [2.75, 3.05) is 12.3 Å². The van der Waals surface area contributed by atoms with E-state index in [1.807, 2.05) is 19.1 Å². The molecule has 3 aromatic heterocycles. The molecule has 0 spiro atoms. The summed E-state index contributed by atoms with van der Waals surface area (Å²) in [6.07, 6.45) is 7.82. The predicted octanol–water partition coefficient (Wildman–Crippen LogP) is 1.35. The first-order chi connectivity index (χ1) is 14.2. The maximum atomic E-state index is 12.5. The summed E-state index contributed by atoms with van der Waals surface area (Å²) in [4.78, 5) is 28.8. The molecule has 10 heteroatoms. The molecule has 0 saturated heterocycles. The summed E-state index contributed by atoms with van der Waals surface area (Å²) >= 11 is 0. The van der Waals surface area contributed by atoms with Gasteiger partial charge in [-0.1, -0.05) is 13.0 Å². The maximum Gasteiger partial charge on any atom is 0.281 e. The number of rotatable bonds is 6. The standard InChI is InChI=1S/C20H24N8O2/c1-12(13-4-5-16(23-6-13)14-7-24-19(22)25-8-14)17(21)27-18(30)15-9-26-28(10-15)20(2,3)11-29/h4-10,12,29H,11H2,1-3H3,(H2,21,27,30)(H2,22,24,25)/t12-/m1/s1. The fourth-order valence-electron chi connectivity index (χ4n) is 2.59. The molecule has 0 bridgehead atoms. The van der Waals surface area contributed by atoms with E-state index in [-0.39, 0.29) is 24.3 Å². The number of hydrogen-bond acceptors (Lipinski definition) is 7. The van der Waals surface area contributed by atoms with Crippen LogP contribution in [0.4, 0.5) is 5.95 Å². The average Bonchev–Trinajstić information content (AvgIpc) is 3.25. The summed E-state index contributed by atoms with van der Waals surface area (Å²) in [6.45, 7) is 5.34. The molecule has 0 aliphatic rings. The van der Waals surface area contributed by atoms with Crippen LogP contribution in [0.5, 0.6) is 0 Å². The molecule has 0 unspecified atom stereocenters. The Morgan fingerprint density at radius 2 is 1.90 bits per heavy atom. The number of hydrogen-bond donors (Lipinski definition) is 3. The number of aromatic nitrogens is 5. The van der Waals surface area contributed by atoms with E-state index < -0.39 is 11.4 Å². The number of nitrogens with zero attached hydrogens (tertiary/aromatic N) is 6. The number of nitrogen functional groups attached to an aromatic ring is 1. The molecule has 0 aromatic carbocycles. The number of nitrogens with two attached hydrogens (primary N) is 2. The molecule has 3 aromatic rings. The Bertz CT molecular complexity index is 1060. The number of carbonyl (C=O) groups excluding carboxylic acids is 1. The van der Waals surface area contributed by atoms with Crippen molar-refractivity contribution in [1.29, 1.82) is 0 Å². The van der Waals surface area contributed by atoms with Gasteiger partial charge in [-0.25, -0.2) is 9.97 Å². The van der Waals surface area contributed by atoms with Crippen LogP contribution in [-0.2, 0) is 5.54 Å². The Labute approximate surface area is 173 Å². The van der Waals surface area contributed by atoms with Crippen LogP contribution < -0.4 is 11.5 Å². The third-order valence-corrected chi connectivity index (χ3v) is 4.76. The molecule has 156 valence electrons. The summed E-state index contributed by atoms with van der Waals surface area (Å²) in [5, 5.41) is 13.6. The highest BCUT2D eigenvalue weighted by molar-refractivity contribution is 6.04. The van der Waals surface area contributed by atoms with Gasteiger partial charge in [-0.2, -0.15) is 10.1 Å². The Kier molecular flexibility index (Phi) is 5.88. The molecule has 5 N–H and O–H groups in total. The van der Waals surface area contributed by atoms with Crippen LogP contribution in [0.3, 0.4) is 0 Å². The van der Waals surface area contributed by atoms with Crippen molar-refractivity contribution >= 4 is 17.7 Å². The lowest BCUT2D eigenvalue weighted by atomic mass is 10.0. The van der Waals surface area contributed by atoms with Gasteiger partial charge in [-0.15, -0.1) is 0 Å². The third-order valence-electron chi connectivity index (χ3n) is 4.76. The van der Waals surface area contributed by atoms with Crippen LogP contribution in [0, 0.1) is 0 Å². The molecule has 1 atom stereocenters. The molecular formula is C20H24N8O2. The number of pyridine rings is 1. The first kappa shape index (κ1) is 21.1. The van der Waals surface area contributed by atoms with Crippen molar-refractivity contribution in [1.82, 2.24) is 24.7 Å². The zero-order chi connectivity index (χ0) is 21.9. The van der Waals surface area contributed by atoms with Gasteiger partial charge in [-0.3, -0.25) is 14.5 Å². The lowest BCUT2D eigenvalue weighted by Gasteiger charge is -2.21. The first-order valence-electron chi connectivity index (χ1n) is 9.29. The second kappa shape index (κ2) is 8.37. The van der Waals surface area contributed by atoms with E-state index in [4.69, 9.17) is 11.5 Å². The number of aliphatic imine (C=N–C) groups is 1. The fraction of sp³-hybridized carbons (Fsp3) is 0.300. The maximum absolute atomic E-state index is 12.5. The second-order valence-electron chi connectivity index (χ2n) is 7.51. The van der Waals surface area contributed by atoms with Crippen LogP contribution in [0.1, 0.15) is 42.6 Å². The molecular weight excluding hydrogens is 384 g/mol. The van der Waals surface area contributed by atoms with Crippen LogP contribution in [0.15, 0.2) is 48.1 Å². The molecule has 1 amide bonds. The Morgan fingerprint density at radius 3 is 2.50 bits per heavy atom. The van der Waals surface area contributed by atoms with Crippen molar-refractivity contribution in [2.45, 2.75) is 32.2 Å². The van der Waals surface area contributed by atoms with Gasteiger partial charge in [0.25, 0.3) is 5.91 Å². The molecule has 0 aliphatic carbocycles. The molecule has 3 heterocycles. The summed E-state index contributed by atoms with van der Waals surface area (Å²) in [5.41, 5.74) is 13.5. The number of aliphatic hydroxyl groups excluding tert-OH is 1. The minimum atomic E-state index is -0.621. The van der Waals surface area contributed by atoms with Crippen LogP contribution in [-0.4, -0.2) is 48.2 Å². The van der Waals surface area contributed by atoms with Crippen LogP contribution in [0.25, 0.3) is 11.3 Å². The van der Waals surface area contributed by atoms with Gasteiger partial charge in [0.1, 0.15) is 5.84 Å². The minimum Gasteiger partial charge on any atom is -0.394 e. The van der Waals surface area contributed by atoms with Crippen molar-refractivity contribution in [2.24, 2.45) is 10.7 Å². The molecule has 3 rings (SSSR count). The zero-order valence-electron chi connectivity index (χ0n) is 17.0. The van der Waals surface area contributed by atoms with Gasteiger partial charge in [0.15, 0.2) is 0 Å². The van der Waals surface area contributed by atoms with Gasteiger partial charge < -0.3 is 16.6 Å². The van der Waals surface area contributed by atoms with Gasteiger partial charge in [0, 0.05) is 36.3 Å². The van der Waals surface area contributed by atoms with Gasteiger partial charge in [0.05, 0.1) is 29.6 Å². The van der Waals surface area contributed by atoms with Crippen molar-refractivity contribution in [3.63, 3.8) is 0 Å². The normalized spacial score (nSPS) is 13.3. The topological polar surface area (TPSA) is 158 Å². The third kappa shape index (κ3) is 4.49. The highest BCUT2D eigenvalue weighted by Gasteiger charge is 2.22. The molecule has 0 fully saturated rings. The number of amidine groups is 1. The lowest BCUT2D eigenvalue weighted by Crippen LogP contribution is -2.30. The predicted molar refractivity (Wildman–Crippen MR) is 113 cm³/mol. The Hall–Kier alpha value is -3.66. The minimum absolute atomic E-state index is 0.115. The lowest BCUT2D eigenvalue weighted by molar-refractivity contribution is 0.100. The number of amides is 1. The Balaban J connectivity index is 1.74. The summed E-state index contributed by atoms with van der Waals surface area (Å²) in [5.74, 6) is -0.451. The molecule has 0 aliphatic heterocycles. The van der Waals surface area contributed by atoms with E-state index in [0.29, 0.717) is 11.3 Å². The van der Waals surface area contributed by atoms with E-state index in [1.54, 1.807) is 38.6 Å². The van der Waals surface area contributed by atoms with Crippen LogP contribution in [0.2, 0.25) is 0 Å². The van der Waals surface area contributed by atoms with Crippen LogP contribution >= 0.6 is 0 Å². The number of anilines is 1. The van der Waals surface area contributed by atoms with Crippen molar-refractivity contribution in [3.05, 3.63) is 54.2 Å². The van der Waals surface area contributed by atoms with E-state index in [1.165, 1.54) is 10.9 Å². The first-order valence-corrected chi connectivity index (χ1v) is 9.29. The van der Waals surface area contributed by atoms with Gasteiger partial charge in [0.2, 0.25) is 5.95 Å². The largest absolute Gasteiger partial charge is 0.394 e. The van der Waals surface area contributed by atoms with E-state index >= 15 is 0 Å². The average molecular weight is 408 g/mol. The second-order valence-corrected chi connectivity index (χ2v) is 7.51. The SMILES string of the molecule is C[C@@H](C(N)=NC(=O)c1cnn(C(C)(C)CO)c1)c1ccc(-c2cnc(N)nc2)nc1. The molecule has 0 radical (unpaired) electrons. The smallest absolute Gasteiger partial charge is 0.281 e. The molecule has 10 nitrogen and oxygen atoms in total. The quantitative estimate of drug-likeness (QED) is 0.407. The fourth-order valence-corrected chi connectivity index (χ4v) is 2.59. The van der Waals surface area contributed by atoms with Gasteiger partial charge >= 0.3 is 0 Å². The van der Waals surface area contributed by atoms with Crippen molar-refractivity contribution in [3.8, 4) is 11.3 Å². The summed E-state index contributed by atoms with van der Waals surface area (Å²) in [7, 11) is 0. The highest BCUT2D eigenvalue weighted by Crippen LogP contribution is 2.20. The Morgan fingerprint density at radius 1 is 1.20 bits per heavy atom. The number of aliphatic hydroxyl groups is 1. The zero-order valence-corrected chi connectivity index (χ0v) is 17.0. The number of carbonyl (C=O) groups is 1. The van der Waals surface area contributed by atoms with E-state index in [2.05, 4.69) is 25.0 Å². The molecule has 30 heavy (non-hydrogen) atoms. The van der Waals surface area contributed by atoms with E-state index in [0.717, 1.165) is 11.1 Å². The highest BCUT2D eigenvalue weighted by atomic mass is 16.3. The summed E-state index contributed by atoms with van der Waals surface area (Å²) < 4.78 is 1.53. The summed E-state index contributed by atoms with van der Waals surface area (Å²) in [6, 6.07) is 3.68.